The minimum atomic E-state index is 0.490. The lowest BCUT2D eigenvalue weighted by Gasteiger charge is -2.13. The van der Waals surface area contributed by atoms with Crippen molar-refractivity contribution in [3.63, 3.8) is 0 Å². The van der Waals surface area contributed by atoms with Gasteiger partial charge in [0.25, 0.3) is 0 Å². The Hall–Kier alpha value is -4.94. The van der Waals surface area contributed by atoms with Crippen LogP contribution in [0.5, 0.6) is 0 Å². The number of benzene rings is 5. The fourth-order valence-corrected chi connectivity index (χ4v) is 5.62. The smallest absolute Gasteiger partial charge is 0.216 e. The second kappa shape index (κ2) is 8.05. The average molecular weight is 477 g/mol. The molecule has 0 aliphatic heterocycles. The van der Waals surface area contributed by atoms with Crippen LogP contribution in [0.15, 0.2) is 108 Å². The molecule has 5 aromatic carbocycles. The molecule has 3 heteroatoms. The molecule has 0 bridgehead atoms. The summed E-state index contributed by atoms with van der Waals surface area (Å²) in [6.07, 6.45) is 2.04. The number of fused-ring (bicyclic) bond motifs is 5. The normalized spacial score (nSPS) is 11.9. The maximum absolute atomic E-state index is 10.3. The Morgan fingerprint density at radius 2 is 1.32 bits per heavy atom. The molecule has 0 aliphatic rings. The van der Waals surface area contributed by atoms with Gasteiger partial charge in [-0.3, -0.25) is 0 Å². The van der Waals surface area contributed by atoms with Crippen LogP contribution in [0.1, 0.15) is 12.5 Å². The highest BCUT2D eigenvalue weighted by molar-refractivity contribution is 6.20. The molecule has 0 atom stereocenters. The van der Waals surface area contributed by atoms with Crippen LogP contribution in [0.4, 0.5) is 0 Å². The fraction of sp³-hybridized carbons (Fsp3) is 0.0588. The van der Waals surface area contributed by atoms with Crippen molar-refractivity contribution in [2.75, 3.05) is 0 Å². The van der Waals surface area contributed by atoms with Crippen LogP contribution >= 0.6 is 0 Å². The van der Waals surface area contributed by atoms with Gasteiger partial charge in [-0.1, -0.05) is 60.7 Å². The van der Waals surface area contributed by atoms with E-state index in [4.69, 9.17) is 5.79 Å². The number of hydrogen-bond acceptors (Lipinski definition) is 2. The van der Waals surface area contributed by atoms with Gasteiger partial charge in [0.05, 0.1) is 18.6 Å². The van der Waals surface area contributed by atoms with E-state index < -0.39 is 0 Å². The van der Waals surface area contributed by atoms with Crippen molar-refractivity contribution in [1.82, 2.24) is 0 Å². The molecule has 0 saturated heterocycles. The van der Waals surface area contributed by atoms with Crippen LogP contribution in [0.3, 0.4) is 0 Å². The number of nitriles is 1. The molecule has 0 N–H and O–H groups in total. The number of aryl methyl sites for hydroxylation is 2. The summed E-state index contributed by atoms with van der Waals surface area (Å²) in [6, 6.07) is 33.2. The van der Waals surface area contributed by atoms with Crippen molar-refractivity contribution >= 4 is 43.5 Å². The highest BCUT2D eigenvalue weighted by Crippen LogP contribution is 2.45. The standard InChI is InChI=1S/C34H23N2O/c1-21-14-16-27-28-17-15-24(20-35)31(34(28)37-33(27)30(21)29-13-7-8-18-36(29)2)32-25-11-5-3-9-22(25)19-23-10-4-6-12-26(23)32/h3-19H,1-2H3/q+1/i19D. The summed E-state index contributed by atoms with van der Waals surface area (Å²) in [5.41, 5.74) is 6.98. The van der Waals surface area contributed by atoms with Crippen LogP contribution in [0, 0.1) is 18.3 Å². The summed E-state index contributed by atoms with van der Waals surface area (Å²) < 4.78 is 17.8. The van der Waals surface area contributed by atoms with Gasteiger partial charge in [-0.05, 0) is 58.3 Å². The Morgan fingerprint density at radius 1 is 0.703 bits per heavy atom. The zero-order chi connectivity index (χ0) is 26.0. The highest BCUT2D eigenvalue weighted by Gasteiger charge is 2.24. The molecule has 0 spiro atoms. The quantitative estimate of drug-likeness (QED) is 0.186. The van der Waals surface area contributed by atoms with Crippen molar-refractivity contribution in [3.8, 4) is 28.5 Å². The van der Waals surface area contributed by atoms with E-state index in [-0.39, 0.29) is 0 Å². The van der Waals surface area contributed by atoms with E-state index >= 15 is 0 Å². The van der Waals surface area contributed by atoms with Crippen molar-refractivity contribution in [3.05, 3.63) is 114 Å². The maximum atomic E-state index is 10.3. The van der Waals surface area contributed by atoms with E-state index in [1.165, 1.54) is 0 Å². The van der Waals surface area contributed by atoms with Crippen molar-refractivity contribution < 1.29 is 10.4 Å². The zero-order valence-corrected chi connectivity index (χ0v) is 20.5. The topological polar surface area (TPSA) is 40.8 Å². The Labute approximate surface area is 215 Å². The molecule has 0 unspecified atom stereocenters. The number of rotatable bonds is 2. The molecular weight excluding hydrogens is 452 g/mol. The third-order valence-electron chi connectivity index (χ3n) is 7.36. The predicted molar refractivity (Wildman–Crippen MR) is 150 cm³/mol. The lowest BCUT2D eigenvalue weighted by atomic mass is 9.88. The van der Waals surface area contributed by atoms with Crippen molar-refractivity contribution in [1.29, 1.82) is 5.26 Å². The molecule has 7 aromatic rings. The van der Waals surface area contributed by atoms with Crippen molar-refractivity contribution in [2.24, 2.45) is 7.05 Å². The summed E-state index contributed by atoms with van der Waals surface area (Å²) in [5.74, 6) is 0. The lowest BCUT2D eigenvalue weighted by Crippen LogP contribution is -2.30. The predicted octanol–water partition coefficient (Wildman–Crippen LogP) is 8.23. The summed E-state index contributed by atoms with van der Waals surface area (Å²) in [6.45, 7) is 2.10. The molecule has 37 heavy (non-hydrogen) atoms. The van der Waals surface area contributed by atoms with Gasteiger partial charge < -0.3 is 4.42 Å². The number of furan rings is 1. The summed E-state index contributed by atoms with van der Waals surface area (Å²) in [7, 11) is 2.04. The average Bonchev–Trinajstić information content (AvgIpc) is 3.32. The van der Waals surface area contributed by atoms with E-state index in [1.54, 1.807) is 0 Å². The highest BCUT2D eigenvalue weighted by atomic mass is 16.3. The second-order valence-electron chi connectivity index (χ2n) is 9.50. The third-order valence-corrected chi connectivity index (χ3v) is 7.36. The third kappa shape index (κ3) is 3.09. The molecule has 2 aromatic heterocycles. The van der Waals surface area contributed by atoms with Gasteiger partial charge in [-0.15, -0.1) is 0 Å². The Balaban J connectivity index is 1.70. The first-order valence-corrected chi connectivity index (χ1v) is 12.3. The van der Waals surface area contributed by atoms with Crippen molar-refractivity contribution in [2.45, 2.75) is 6.92 Å². The van der Waals surface area contributed by atoms with Gasteiger partial charge in [0.15, 0.2) is 6.20 Å². The molecule has 0 amide bonds. The van der Waals surface area contributed by atoms with Crippen LogP contribution in [0.2, 0.25) is 0 Å². The van der Waals surface area contributed by atoms with Crippen LogP contribution in [-0.2, 0) is 7.05 Å². The Morgan fingerprint density at radius 3 is 2.00 bits per heavy atom. The number of nitrogens with zero attached hydrogens (tertiary/aromatic N) is 2. The molecular formula is C34H23N2O+. The number of pyridine rings is 1. The fourth-order valence-electron chi connectivity index (χ4n) is 5.62. The van der Waals surface area contributed by atoms with E-state index in [0.29, 0.717) is 17.2 Å². The summed E-state index contributed by atoms with van der Waals surface area (Å²) in [5, 5.41) is 15.9. The first-order valence-electron chi connectivity index (χ1n) is 12.8. The molecule has 0 saturated carbocycles. The van der Waals surface area contributed by atoms with Gasteiger partial charge in [0, 0.05) is 34.0 Å². The van der Waals surface area contributed by atoms with Gasteiger partial charge in [-0.25, -0.2) is 4.57 Å². The first-order chi connectivity index (χ1) is 18.6. The minimum absolute atomic E-state index is 0.490. The molecule has 0 aliphatic carbocycles. The van der Waals surface area contributed by atoms with Gasteiger partial charge in [0.2, 0.25) is 5.69 Å². The summed E-state index contributed by atoms with van der Waals surface area (Å²) in [4.78, 5) is 0. The van der Waals surface area contributed by atoms with Gasteiger partial charge >= 0.3 is 0 Å². The molecule has 3 nitrogen and oxygen atoms in total. The molecule has 174 valence electrons. The second-order valence-corrected chi connectivity index (χ2v) is 9.50. The van der Waals surface area contributed by atoms with Crippen LogP contribution < -0.4 is 4.57 Å². The van der Waals surface area contributed by atoms with Crippen LogP contribution in [-0.4, -0.2) is 0 Å². The molecule has 2 heterocycles. The van der Waals surface area contributed by atoms with Gasteiger partial charge in [-0.2, -0.15) is 5.26 Å². The molecule has 0 radical (unpaired) electrons. The maximum Gasteiger partial charge on any atom is 0.216 e. The van der Waals surface area contributed by atoms with Crippen LogP contribution in [0.25, 0.3) is 65.9 Å². The molecule has 0 fully saturated rings. The zero-order valence-electron chi connectivity index (χ0n) is 21.5. The monoisotopic (exact) mass is 476 g/mol. The van der Waals surface area contributed by atoms with E-state index in [1.807, 2.05) is 86.0 Å². The SMILES string of the molecule is [2H]c1c2ccccc2c(-c2c(C#N)ccc3c2oc2c(-c4cccc[n+]4C)c(C)ccc23)c2ccccc12. The Kier molecular flexibility index (Phi) is 4.41. The van der Waals surface area contributed by atoms with Gasteiger partial charge in [0.1, 0.15) is 18.2 Å². The first kappa shape index (κ1) is 20.3. The Bertz CT molecular complexity index is 2070. The number of hydrogen-bond donors (Lipinski definition) is 0. The van der Waals surface area contributed by atoms with E-state index in [2.05, 4.69) is 35.8 Å². The number of aromatic nitrogens is 1. The largest absolute Gasteiger partial charge is 0.454 e. The van der Waals surface area contributed by atoms with E-state index in [9.17, 15) is 5.26 Å². The lowest BCUT2D eigenvalue weighted by molar-refractivity contribution is -0.660. The summed E-state index contributed by atoms with van der Waals surface area (Å²) >= 11 is 0. The van der Waals surface area contributed by atoms with E-state index in [0.717, 1.165) is 65.8 Å². The minimum Gasteiger partial charge on any atom is -0.454 e. The molecule has 7 rings (SSSR count).